The summed E-state index contributed by atoms with van der Waals surface area (Å²) in [6.45, 7) is 3.97. The lowest BCUT2D eigenvalue weighted by atomic mass is 9.94. The number of hydrogen-bond acceptors (Lipinski definition) is 5. The summed E-state index contributed by atoms with van der Waals surface area (Å²) >= 11 is 0. The van der Waals surface area contributed by atoms with Gasteiger partial charge in [0.05, 0.1) is 24.4 Å². The van der Waals surface area contributed by atoms with Crippen LogP contribution in [0.3, 0.4) is 0 Å². The van der Waals surface area contributed by atoms with Crippen molar-refractivity contribution in [1.29, 1.82) is 0 Å². The Morgan fingerprint density at radius 3 is 2.47 bits per heavy atom. The highest BCUT2D eigenvalue weighted by atomic mass is 32.2. The Kier molecular flexibility index (Phi) is 4.51. The van der Waals surface area contributed by atoms with Crippen LogP contribution >= 0.6 is 0 Å². The zero-order chi connectivity index (χ0) is 13.1. The molecule has 6 nitrogen and oxygen atoms in total. The lowest BCUT2D eigenvalue weighted by molar-refractivity contribution is -0.142. The summed E-state index contributed by atoms with van der Waals surface area (Å²) in [6, 6.07) is 0. The summed E-state index contributed by atoms with van der Waals surface area (Å²) in [5, 5.41) is 9.72. The van der Waals surface area contributed by atoms with Crippen molar-refractivity contribution in [3.8, 4) is 0 Å². The minimum atomic E-state index is -3.45. The number of sulfonamides is 1. The monoisotopic (exact) mass is 265 g/mol. The number of β-amino-alcohol motifs (C(OH)–C–C–N with tert-alkyl or cyclic N) is 1. The molecule has 1 aliphatic rings. The van der Waals surface area contributed by atoms with Crippen molar-refractivity contribution < 1.29 is 23.1 Å². The Hall–Kier alpha value is -0.660. The van der Waals surface area contributed by atoms with Crippen LogP contribution in [0.25, 0.3) is 0 Å². The number of nitrogens with zero attached hydrogens (tertiary/aromatic N) is 1. The Labute approximate surface area is 102 Å². The van der Waals surface area contributed by atoms with Crippen LogP contribution < -0.4 is 0 Å². The number of carbonyl (C=O) groups is 1. The van der Waals surface area contributed by atoms with Crippen LogP contribution in [0.15, 0.2) is 0 Å². The lowest BCUT2D eigenvalue weighted by Gasteiger charge is -2.44. The first-order chi connectivity index (χ1) is 7.83. The first kappa shape index (κ1) is 14.4. The normalized spacial score (nSPS) is 19.7. The van der Waals surface area contributed by atoms with E-state index in [9.17, 15) is 18.3 Å². The van der Waals surface area contributed by atoms with Crippen LogP contribution in [-0.2, 0) is 19.6 Å². The van der Waals surface area contributed by atoms with Gasteiger partial charge in [0.15, 0.2) is 0 Å². The van der Waals surface area contributed by atoms with Gasteiger partial charge in [0.2, 0.25) is 10.0 Å². The summed E-state index contributed by atoms with van der Waals surface area (Å²) in [6.07, 6.45) is 0.383. The minimum Gasteiger partial charge on any atom is -0.466 e. The van der Waals surface area contributed by atoms with E-state index in [1.807, 2.05) is 6.92 Å². The van der Waals surface area contributed by atoms with Gasteiger partial charge in [-0.15, -0.1) is 0 Å². The number of esters is 1. The second-order valence-corrected chi connectivity index (χ2v) is 6.31. The van der Waals surface area contributed by atoms with Crippen LogP contribution in [-0.4, -0.2) is 54.8 Å². The Balaban J connectivity index is 2.41. The standard InChI is InChI=1S/C10H19NO5S/c1-3-10(13)7-11(8-10)17(14,15)6-5-9(12)16-4-2/h13H,3-8H2,1-2H3. The third kappa shape index (κ3) is 3.65. The minimum absolute atomic E-state index is 0.120. The topological polar surface area (TPSA) is 83.9 Å². The molecule has 100 valence electrons. The molecule has 1 aliphatic heterocycles. The fourth-order valence-corrected chi connectivity index (χ4v) is 3.16. The molecule has 0 aromatic rings. The Morgan fingerprint density at radius 2 is 2.00 bits per heavy atom. The van der Waals surface area contributed by atoms with E-state index in [0.717, 1.165) is 0 Å². The van der Waals surface area contributed by atoms with Crippen LogP contribution in [0.4, 0.5) is 0 Å². The molecular formula is C10H19NO5S. The van der Waals surface area contributed by atoms with Gasteiger partial charge in [-0.1, -0.05) is 6.92 Å². The average molecular weight is 265 g/mol. The van der Waals surface area contributed by atoms with Gasteiger partial charge in [-0.2, -0.15) is 4.31 Å². The van der Waals surface area contributed by atoms with Crippen LogP contribution in [0, 0.1) is 0 Å². The first-order valence-electron chi connectivity index (χ1n) is 5.69. The second kappa shape index (κ2) is 5.32. The second-order valence-electron chi connectivity index (χ2n) is 4.22. The summed E-state index contributed by atoms with van der Waals surface area (Å²) in [4.78, 5) is 11.0. The maximum atomic E-state index is 11.7. The molecule has 1 saturated heterocycles. The summed E-state index contributed by atoms with van der Waals surface area (Å²) in [5.74, 6) is -0.770. The van der Waals surface area contributed by atoms with Gasteiger partial charge in [0, 0.05) is 13.1 Å². The lowest BCUT2D eigenvalue weighted by Crippen LogP contribution is -2.63. The zero-order valence-corrected chi connectivity index (χ0v) is 11.0. The molecule has 0 atom stereocenters. The molecule has 1 rings (SSSR count). The highest BCUT2D eigenvalue weighted by molar-refractivity contribution is 7.89. The number of carbonyl (C=O) groups excluding carboxylic acids is 1. The molecule has 0 aromatic heterocycles. The fraction of sp³-hybridized carbons (Fsp3) is 0.900. The molecule has 0 bridgehead atoms. The Morgan fingerprint density at radius 1 is 1.41 bits per heavy atom. The largest absolute Gasteiger partial charge is 0.466 e. The van der Waals surface area contributed by atoms with Crippen LogP contribution in [0.1, 0.15) is 26.7 Å². The van der Waals surface area contributed by atoms with Gasteiger partial charge in [-0.05, 0) is 13.3 Å². The van der Waals surface area contributed by atoms with Gasteiger partial charge in [0.1, 0.15) is 0 Å². The van der Waals surface area contributed by atoms with Crippen molar-refractivity contribution in [2.75, 3.05) is 25.4 Å². The molecule has 17 heavy (non-hydrogen) atoms. The quantitative estimate of drug-likeness (QED) is 0.668. The van der Waals surface area contributed by atoms with Crippen LogP contribution in [0.5, 0.6) is 0 Å². The molecule has 0 spiro atoms. The number of rotatable bonds is 6. The van der Waals surface area contributed by atoms with E-state index >= 15 is 0 Å². The average Bonchev–Trinajstić information content (AvgIpc) is 2.22. The highest BCUT2D eigenvalue weighted by Gasteiger charge is 2.45. The van der Waals surface area contributed by atoms with E-state index in [-0.39, 0.29) is 31.9 Å². The Bertz CT molecular complexity index is 372. The summed E-state index contributed by atoms with van der Waals surface area (Å²) in [7, 11) is -3.45. The van der Waals surface area contributed by atoms with Gasteiger partial charge < -0.3 is 9.84 Å². The molecule has 0 aliphatic carbocycles. The van der Waals surface area contributed by atoms with E-state index in [1.165, 1.54) is 4.31 Å². The van der Waals surface area contributed by atoms with Crippen molar-refractivity contribution in [3.63, 3.8) is 0 Å². The molecule has 0 amide bonds. The van der Waals surface area contributed by atoms with Gasteiger partial charge in [0.25, 0.3) is 0 Å². The predicted molar refractivity (Wildman–Crippen MR) is 61.9 cm³/mol. The molecule has 0 aromatic carbocycles. The van der Waals surface area contributed by atoms with Crippen molar-refractivity contribution in [2.24, 2.45) is 0 Å². The van der Waals surface area contributed by atoms with Crippen molar-refractivity contribution in [2.45, 2.75) is 32.3 Å². The zero-order valence-electron chi connectivity index (χ0n) is 10.2. The van der Waals surface area contributed by atoms with E-state index in [0.29, 0.717) is 6.42 Å². The number of ether oxygens (including phenoxy) is 1. The molecule has 1 fully saturated rings. The number of aliphatic hydroxyl groups is 1. The summed E-state index contributed by atoms with van der Waals surface area (Å²) in [5.41, 5.74) is -0.892. The molecule has 1 N–H and O–H groups in total. The van der Waals surface area contributed by atoms with E-state index in [2.05, 4.69) is 4.74 Å². The van der Waals surface area contributed by atoms with Crippen molar-refractivity contribution in [3.05, 3.63) is 0 Å². The fourth-order valence-electron chi connectivity index (χ4n) is 1.61. The SMILES string of the molecule is CCOC(=O)CCS(=O)(=O)N1CC(O)(CC)C1. The first-order valence-corrected chi connectivity index (χ1v) is 7.30. The van der Waals surface area contributed by atoms with Crippen LogP contribution in [0.2, 0.25) is 0 Å². The van der Waals surface area contributed by atoms with E-state index in [4.69, 9.17) is 0 Å². The van der Waals surface area contributed by atoms with Gasteiger partial charge in [-0.25, -0.2) is 8.42 Å². The molecule has 7 heteroatoms. The van der Waals surface area contributed by atoms with Crippen molar-refractivity contribution in [1.82, 2.24) is 4.31 Å². The smallest absolute Gasteiger partial charge is 0.306 e. The van der Waals surface area contributed by atoms with Crippen molar-refractivity contribution >= 4 is 16.0 Å². The molecule has 1 heterocycles. The van der Waals surface area contributed by atoms with Gasteiger partial charge in [-0.3, -0.25) is 4.79 Å². The third-order valence-corrected chi connectivity index (χ3v) is 4.63. The van der Waals surface area contributed by atoms with E-state index < -0.39 is 21.6 Å². The molecule has 0 unspecified atom stereocenters. The van der Waals surface area contributed by atoms with Gasteiger partial charge >= 0.3 is 5.97 Å². The third-order valence-electron chi connectivity index (χ3n) is 2.86. The maximum Gasteiger partial charge on any atom is 0.306 e. The number of hydrogen-bond donors (Lipinski definition) is 1. The molecular weight excluding hydrogens is 246 g/mol. The molecule has 0 saturated carbocycles. The summed E-state index contributed by atoms with van der Waals surface area (Å²) < 4.78 is 29.3. The predicted octanol–water partition coefficient (Wildman–Crippen LogP) is -0.274. The maximum absolute atomic E-state index is 11.7. The van der Waals surface area contributed by atoms with E-state index in [1.54, 1.807) is 6.92 Å². The molecule has 0 radical (unpaired) electrons. The highest BCUT2D eigenvalue weighted by Crippen LogP contribution is 2.27.